The smallest absolute Gasteiger partial charge is 0.275 e. The summed E-state index contributed by atoms with van der Waals surface area (Å²) in [7, 11) is 1.67. The predicted molar refractivity (Wildman–Crippen MR) is 136 cm³/mol. The number of carbonyl (C=O) groups is 1. The summed E-state index contributed by atoms with van der Waals surface area (Å²) >= 11 is 1.47. The first-order valence-electron chi connectivity index (χ1n) is 11.0. The number of methoxy groups -OCH3 is 1. The number of H-pyrrole nitrogens is 1. The number of fused-ring (bicyclic) bond motifs is 1. The Labute approximate surface area is 201 Å². The van der Waals surface area contributed by atoms with E-state index in [2.05, 4.69) is 46.4 Å². The van der Waals surface area contributed by atoms with Gasteiger partial charge >= 0.3 is 0 Å². The molecule has 8 heteroatoms. The van der Waals surface area contributed by atoms with Crippen molar-refractivity contribution in [3.05, 3.63) is 82.9 Å². The van der Waals surface area contributed by atoms with E-state index >= 15 is 0 Å². The van der Waals surface area contributed by atoms with Gasteiger partial charge in [-0.2, -0.15) is 5.10 Å². The van der Waals surface area contributed by atoms with Crippen molar-refractivity contribution < 1.29 is 9.53 Å². The average molecular weight is 472 g/mol. The van der Waals surface area contributed by atoms with Gasteiger partial charge in [-0.25, -0.2) is 4.98 Å². The zero-order chi connectivity index (χ0) is 23.7. The molecule has 34 heavy (non-hydrogen) atoms. The minimum absolute atomic E-state index is 0.238. The van der Waals surface area contributed by atoms with Crippen LogP contribution in [0.4, 0.5) is 5.69 Å². The van der Waals surface area contributed by atoms with Crippen molar-refractivity contribution in [3.63, 3.8) is 0 Å². The van der Waals surface area contributed by atoms with E-state index in [1.165, 1.54) is 28.0 Å². The molecule has 2 aromatic carbocycles. The minimum Gasteiger partial charge on any atom is -0.497 e. The number of rotatable bonds is 7. The summed E-state index contributed by atoms with van der Waals surface area (Å²) in [6.45, 7) is 4.83. The van der Waals surface area contributed by atoms with Gasteiger partial charge < -0.3 is 15.0 Å². The van der Waals surface area contributed by atoms with Crippen molar-refractivity contribution in [2.75, 3.05) is 12.4 Å². The van der Waals surface area contributed by atoms with Gasteiger partial charge in [0.05, 0.1) is 29.4 Å². The summed E-state index contributed by atoms with van der Waals surface area (Å²) in [5.41, 5.74) is 8.45. The van der Waals surface area contributed by atoms with Crippen molar-refractivity contribution >= 4 is 33.8 Å². The van der Waals surface area contributed by atoms with Crippen LogP contribution in [0.5, 0.6) is 5.75 Å². The lowest BCUT2D eigenvalue weighted by molar-refractivity contribution is 0.102. The Kier molecular flexibility index (Phi) is 5.90. The van der Waals surface area contributed by atoms with Crippen LogP contribution in [-0.4, -0.2) is 32.8 Å². The van der Waals surface area contributed by atoms with Crippen molar-refractivity contribution in [2.24, 2.45) is 0 Å². The van der Waals surface area contributed by atoms with Crippen LogP contribution in [0.25, 0.3) is 21.3 Å². The third-order valence-electron chi connectivity index (χ3n) is 6.03. The largest absolute Gasteiger partial charge is 0.497 e. The summed E-state index contributed by atoms with van der Waals surface area (Å²) in [5, 5.41) is 8.49. The van der Waals surface area contributed by atoms with E-state index in [4.69, 9.17) is 4.74 Å². The molecule has 0 saturated carbocycles. The molecule has 0 radical (unpaired) electrons. The SMILES string of the molecule is COc1ccc2[nH]cc(CCn3cc(NC(=O)c4ncsc4-c4ccc(C)c(C)c4)cn3)c2c1. The summed E-state index contributed by atoms with van der Waals surface area (Å²) in [6, 6.07) is 12.2. The molecule has 172 valence electrons. The molecule has 5 rings (SSSR count). The number of carbonyl (C=O) groups excluding carboxylic acids is 1. The number of aromatic nitrogens is 4. The van der Waals surface area contributed by atoms with E-state index in [1.807, 2.05) is 41.3 Å². The maximum Gasteiger partial charge on any atom is 0.275 e. The number of thiazole rings is 1. The molecular weight excluding hydrogens is 446 g/mol. The van der Waals surface area contributed by atoms with Crippen LogP contribution in [0.1, 0.15) is 27.2 Å². The molecule has 0 aliphatic carbocycles. The second-order valence-corrected chi connectivity index (χ2v) is 9.11. The maximum absolute atomic E-state index is 13.0. The first-order valence-corrected chi connectivity index (χ1v) is 11.9. The number of aromatic amines is 1. The highest BCUT2D eigenvalue weighted by Crippen LogP contribution is 2.30. The van der Waals surface area contributed by atoms with Gasteiger partial charge in [-0.1, -0.05) is 18.2 Å². The number of amides is 1. The number of ether oxygens (including phenoxy) is 1. The fourth-order valence-electron chi connectivity index (χ4n) is 3.96. The summed E-state index contributed by atoms with van der Waals surface area (Å²) < 4.78 is 7.19. The lowest BCUT2D eigenvalue weighted by Gasteiger charge is -2.06. The Balaban J connectivity index is 1.27. The molecule has 7 nitrogen and oxygen atoms in total. The molecule has 0 aliphatic heterocycles. The normalized spacial score (nSPS) is 11.1. The van der Waals surface area contributed by atoms with Gasteiger partial charge in [0, 0.05) is 29.8 Å². The van der Waals surface area contributed by atoms with Crippen LogP contribution in [0.15, 0.2) is 60.5 Å². The standard InChI is InChI=1S/C26H25N5O2S/c1-16-4-5-18(10-17(16)2)25-24(28-15-34-25)26(32)30-20-13-29-31(14-20)9-8-19-12-27-23-7-6-21(33-3)11-22(19)23/h4-7,10-15,27H,8-9H2,1-3H3,(H,30,32). The van der Waals surface area contributed by atoms with Crippen LogP contribution in [0.2, 0.25) is 0 Å². The zero-order valence-electron chi connectivity index (χ0n) is 19.3. The van der Waals surface area contributed by atoms with Crippen LogP contribution in [0, 0.1) is 13.8 Å². The fraction of sp³-hybridized carbons (Fsp3) is 0.192. The Hall–Kier alpha value is -3.91. The molecule has 0 aliphatic rings. The fourth-order valence-corrected chi connectivity index (χ4v) is 4.75. The molecule has 2 N–H and O–H groups in total. The summed E-state index contributed by atoms with van der Waals surface area (Å²) in [5.74, 6) is 0.595. The molecular formula is C26H25N5O2S. The highest BCUT2D eigenvalue weighted by molar-refractivity contribution is 7.13. The van der Waals surface area contributed by atoms with Crippen molar-refractivity contribution in [1.82, 2.24) is 19.7 Å². The number of benzene rings is 2. The maximum atomic E-state index is 13.0. The van der Waals surface area contributed by atoms with Crippen molar-refractivity contribution in [1.29, 1.82) is 0 Å². The Morgan fingerprint density at radius 3 is 2.88 bits per heavy atom. The first kappa shape index (κ1) is 21.9. The predicted octanol–water partition coefficient (Wildman–Crippen LogP) is 5.61. The molecule has 0 unspecified atom stereocenters. The van der Waals surface area contributed by atoms with Gasteiger partial charge in [-0.05, 0) is 60.7 Å². The van der Waals surface area contributed by atoms with Crippen LogP contribution < -0.4 is 10.1 Å². The monoisotopic (exact) mass is 471 g/mol. The van der Waals surface area contributed by atoms with Gasteiger partial charge in [0.25, 0.3) is 5.91 Å². The third-order valence-corrected chi connectivity index (χ3v) is 6.90. The van der Waals surface area contributed by atoms with Gasteiger partial charge in [-0.15, -0.1) is 11.3 Å². The molecule has 0 fully saturated rings. The van der Waals surface area contributed by atoms with Gasteiger partial charge in [0.2, 0.25) is 0 Å². The third kappa shape index (κ3) is 4.32. The molecule has 0 saturated heterocycles. The summed E-state index contributed by atoms with van der Waals surface area (Å²) in [4.78, 5) is 21.5. The molecule has 5 aromatic rings. The molecule has 3 aromatic heterocycles. The molecule has 0 bridgehead atoms. The van der Waals surface area contributed by atoms with E-state index in [0.29, 0.717) is 17.9 Å². The van der Waals surface area contributed by atoms with Gasteiger partial charge in [0.15, 0.2) is 0 Å². The quantitative estimate of drug-likeness (QED) is 0.323. The molecule has 1 amide bonds. The Morgan fingerprint density at radius 2 is 2.06 bits per heavy atom. The highest BCUT2D eigenvalue weighted by Gasteiger charge is 2.18. The van der Waals surface area contributed by atoms with Gasteiger partial charge in [-0.3, -0.25) is 9.48 Å². The van der Waals surface area contributed by atoms with Crippen molar-refractivity contribution in [3.8, 4) is 16.2 Å². The van der Waals surface area contributed by atoms with E-state index in [-0.39, 0.29) is 5.91 Å². The van der Waals surface area contributed by atoms with Crippen LogP contribution >= 0.6 is 11.3 Å². The molecule has 0 spiro atoms. The van der Waals surface area contributed by atoms with Crippen LogP contribution in [-0.2, 0) is 13.0 Å². The molecule has 3 heterocycles. The van der Waals surface area contributed by atoms with Crippen molar-refractivity contribution in [2.45, 2.75) is 26.8 Å². The minimum atomic E-state index is -0.238. The van der Waals surface area contributed by atoms with E-state index in [1.54, 1.807) is 18.8 Å². The number of nitrogens with zero attached hydrogens (tertiary/aromatic N) is 3. The number of aryl methyl sites for hydroxylation is 4. The topological polar surface area (TPSA) is 84.8 Å². The molecule has 0 atom stereocenters. The van der Waals surface area contributed by atoms with E-state index in [9.17, 15) is 4.79 Å². The van der Waals surface area contributed by atoms with E-state index < -0.39 is 0 Å². The highest BCUT2D eigenvalue weighted by atomic mass is 32.1. The van der Waals surface area contributed by atoms with Gasteiger partial charge in [0.1, 0.15) is 11.4 Å². The number of anilines is 1. The lowest BCUT2D eigenvalue weighted by atomic mass is 10.0. The summed E-state index contributed by atoms with van der Waals surface area (Å²) in [6.07, 6.45) is 6.33. The zero-order valence-corrected chi connectivity index (χ0v) is 20.1. The Morgan fingerprint density at radius 1 is 1.18 bits per heavy atom. The number of nitrogens with one attached hydrogen (secondary N) is 2. The average Bonchev–Trinajstić information content (AvgIpc) is 3.59. The number of hydrogen-bond acceptors (Lipinski definition) is 5. The second-order valence-electron chi connectivity index (χ2n) is 8.25. The lowest BCUT2D eigenvalue weighted by Crippen LogP contribution is -2.13. The first-order chi connectivity index (χ1) is 16.5. The van der Waals surface area contributed by atoms with E-state index in [0.717, 1.165) is 33.5 Å². The number of hydrogen-bond donors (Lipinski definition) is 2. The second kappa shape index (κ2) is 9.15. The van der Waals surface area contributed by atoms with Crippen LogP contribution in [0.3, 0.4) is 0 Å². The Bertz CT molecular complexity index is 1480.